The number of carbonyl (C=O) groups is 1. The zero-order valence-electron chi connectivity index (χ0n) is 9.77. The third-order valence-corrected chi connectivity index (χ3v) is 2.27. The molecule has 13 heavy (non-hydrogen) atoms. The Morgan fingerprint density at radius 3 is 2.00 bits per heavy atom. The van der Waals surface area contributed by atoms with Gasteiger partial charge in [-0.25, -0.2) is 0 Å². The number of amides is 1. The van der Waals surface area contributed by atoms with Crippen LogP contribution in [0.25, 0.3) is 0 Å². The quantitative estimate of drug-likeness (QED) is 0.719. The largest absolute Gasteiger partial charge is 0.353 e. The second-order valence-electron chi connectivity index (χ2n) is 5.25. The van der Waals surface area contributed by atoms with Crippen LogP contribution < -0.4 is 5.32 Å². The van der Waals surface area contributed by atoms with Crippen LogP contribution in [0.1, 0.15) is 48.0 Å². The van der Waals surface area contributed by atoms with Crippen LogP contribution >= 0.6 is 0 Å². The van der Waals surface area contributed by atoms with Gasteiger partial charge in [-0.3, -0.25) is 4.79 Å². The summed E-state index contributed by atoms with van der Waals surface area (Å²) < 4.78 is 0. The standard InChI is InChI=1S/C11H23NO/c1-8(2)7-10(13)12-9(3)11(4,5)6/h8-9H,7H2,1-6H3,(H,12,13)/t9-/m1/s1. The number of hydrogen-bond donors (Lipinski definition) is 1. The van der Waals surface area contributed by atoms with Gasteiger partial charge < -0.3 is 5.32 Å². The van der Waals surface area contributed by atoms with E-state index in [2.05, 4.69) is 46.9 Å². The summed E-state index contributed by atoms with van der Waals surface area (Å²) in [4.78, 5) is 11.4. The van der Waals surface area contributed by atoms with Crippen LogP contribution in [0.4, 0.5) is 0 Å². The number of nitrogens with one attached hydrogen (secondary N) is 1. The molecule has 0 fully saturated rings. The SMILES string of the molecule is CC(C)CC(=O)N[C@H](C)C(C)(C)C. The van der Waals surface area contributed by atoms with Crippen molar-refractivity contribution in [1.29, 1.82) is 0 Å². The van der Waals surface area contributed by atoms with Gasteiger partial charge >= 0.3 is 0 Å². The first-order valence-electron chi connectivity index (χ1n) is 5.03. The van der Waals surface area contributed by atoms with Crippen LogP contribution in [-0.2, 0) is 4.79 Å². The van der Waals surface area contributed by atoms with E-state index < -0.39 is 0 Å². The molecule has 0 unspecified atom stereocenters. The molecule has 0 aromatic carbocycles. The zero-order chi connectivity index (χ0) is 10.6. The summed E-state index contributed by atoms with van der Waals surface area (Å²) in [6.07, 6.45) is 0.625. The molecule has 1 N–H and O–H groups in total. The van der Waals surface area contributed by atoms with Crippen LogP contribution in [0.5, 0.6) is 0 Å². The number of hydrogen-bond acceptors (Lipinski definition) is 1. The Hall–Kier alpha value is -0.530. The summed E-state index contributed by atoms with van der Waals surface area (Å²) in [5.74, 6) is 0.601. The third kappa shape index (κ3) is 5.67. The molecule has 1 amide bonds. The molecule has 2 heteroatoms. The van der Waals surface area contributed by atoms with E-state index in [0.717, 1.165) is 0 Å². The highest BCUT2D eigenvalue weighted by Crippen LogP contribution is 2.18. The first-order chi connectivity index (χ1) is 5.73. The molecule has 0 aliphatic carbocycles. The molecule has 0 aliphatic rings. The molecule has 0 spiro atoms. The topological polar surface area (TPSA) is 29.1 Å². The van der Waals surface area contributed by atoms with Gasteiger partial charge in [0.1, 0.15) is 0 Å². The smallest absolute Gasteiger partial charge is 0.220 e. The van der Waals surface area contributed by atoms with Gasteiger partial charge in [-0.1, -0.05) is 34.6 Å². The van der Waals surface area contributed by atoms with E-state index in [4.69, 9.17) is 0 Å². The summed E-state index contributed by atoms with van der Waals surface area (Å²) in [7, 11) is 0. The number of carbonyl (C=O) groups excluding carboxylic acids is 1. The molecule has 78 valence electrons. The van der Waals surface area contributed by atoms with Crippen LogP contribution in [0.15, 0.2) is 0 Å². The summed E-state index contributed by atoms with van der Waals surface area (Å²) in [5, 5.41) is 3.01. The molecule has 0 saturated heterocycles. The molecule has 2 nitrogen and oxygen atoms in total. The second-order valence-corrected chi connectivity index (χ2v) is 5.25. The van der Waals surface area contributed by atoms with E-state index in [1.54, 1.807) is 0 Å². The minimum absolute atomic E-state index is 0.145. The molecule has 0 heterocycles. The van der Waals surface area contributed by atoms with Gasteiger partial charge in [0, 0.05) is 12.5 Å². The van der Waals surface area contributed by atoms with Gasteiger partial charge in [0.05, 0.1) is 0 Å². The lowest BCUT2D eigenvalue weighted by Crippen LogP contribution is -2.41. The first-order valence-corrected chi connectivity index (χ1v) is 5.03. The Kier molecular flexibility index (Phi) is 4.45. The molecule has 0 bridgehead atoms. The van der Waals surface area contributed by atoms with Crippen molar-refractivity contribution in [2.24, 2.45) is 11.3 Å². The highest BCUT2D eigenvalue weighted by atomic mass is 16.1. The molecule has 0 radical (unpaired) electrons. The van der Waals surface area contributed by atoms with E-state index in [1.165, 1.54) is 0 Å². The van der Waals surface area contributed by atoms with Crippen molar-refractivity contribution in [3.63, 3.8) is 0 Å². The summed E-state index contributed by atoms with van der Waals surface area (Å²) >= 11 is 0. The van der Waals surface area contributed by atoms with E-state index in [-0.39, 0.29) is 17.4 Å². The predicted octanol–water partition coefficient (Wildman–Crippen LogP) is 2.58. The minimum Gasteiger partial charge on any atom is -0.353 e. The monoisotopic (exact) mass is 185 g/mol. The average molecular weight is 185 g/mol. The maximum atomic E-state index is 11.4. The lowest BCUT2D eigenvalue weighted by Gasteiger charge is -2.28. The number of rotatable bonds is 3. The van der Waals surface area contributed by atoms with Gasteiger partial charge in [0.2, 0.25) is 5.91 Å². The first kappa shape index (κ1) is 12.5. The Morgan fingerprint density at radius 1 is 1.23 bits per heavy atom. The van der Waals surface area contributed by atoms with Crippen LogP contribution in [0.2, 0.25) is 0 Å². The van der Waals surface area contributed by atoms with Gasteiger partial charge in [0.15, 0.2) is 0 Å². The van der Waals surface area contributed by atoms with Gasteiger partial charge in [0.25, 0.3) is 0 Å². The molecular weight excluding hydrogens is 162 g/mol. The Bertz CT molecular complexity index is 167. The molecule has 0 rings (SSSR count). The lowest BCUT2D eigenvalue weighted by atomic mass is 9.88. The predicted molar refractivity (Wildman–Crippen MR) is 56.5 cm³/mol. The van der Waals surface area contributed by atoms with Crippen LogP contribution in [0, 0.1) is 11.3 Å². The summed E-state index contributed by atoms with van der Waals surface area (Å²) in [6.45, 7) is 12.6. The highest BCUT2D eigenvalue weighted by Gasteiger charge is 2.21. The fraction of sp³-hybridized carbons (Fsp3) is 0.909. The molecule has 0 saturated carbocycles. The van der Waals surface area contributed by atoms with E-state index in [1.807, 2.05) is 0 Å². The van der Waals surface area contributed by atoms with E-state index in [0.29, 0.717) is 12.3 Å². The second kappa shape index (κ2) is 4.64. The normalized spacial score (nSPS) is 14.4. The van der Waals surface area contributed by atoms with Crippen molar-refractivity contribution >= 4 is 5.91 Å². The molecule has 0 aromatic heterocycles. The van der Waals surface area contributed by atoms with E-state index >= 15 is 0 Å². The third-order valence-electron chi connectivity index (χ3n) is 2.27. The molecule has 0 aromatic rings. The van der Waals surface area contributed by atoms with Crippen molar-refractivity contribution in [3.05, 3.63) is 0 Å². The van der Waals surface area contributed by atoms with Crippen LogP contribution in [-0.4, -0.2) is 11.9 Å². The van der Waals surface area contributed by atoms with Crippen LogP contribution in [0.3, 0.4) is 0 Å². The fourth-order valence-corrected chi connectivity index (χ4v) is 0.888. The Balaban J connectivity index is 3.93. The van der Waals surface area contributed by atoms with Gasteiger partial charge in [-0.2, -0.15) is 0 Å². The fourth-order valence-electron chi connectivity index (χ4n) is 0.888. The Labute approximate surface area is 82.1 Å². The molecular formula is C11H23NO. The molecule has 1 atom stereocenters. The van der Waals surface area contributed by atoms with E-state index in [9.17, 15) is 4.79 Å². The van der Waals surface area contributed by atoms with Crippen molar-refractivity contribution in [2.45, 2.75) is 54.0 Å². The zero-order valence-corrected chi connectivity index (χ0v) is 9.77. The molecule has 0 aliphatic heterocycles. The van der Waals surface area contributed by atoms with Crippen molar-refractivity contribution in [3.8, 4) is 0 Å². The maximum absolute atomic E-state index is 11.4. The lowest BCUT2D eigenvalue weighted by molar-refractivity contribution is -0.123. The minimum atomic E-state index is 0.145. The van der Waals surface area contributed by atoms with Gasteiger partial charge in [-0.15, -0.1) is 0 Å². The van der Waals surface area contributed by atoms with Crippen molar-refractivity contribution in [1.82, 2.24) is 5.32 Å². The van der Waals surface area contributed by atoms with Crippen molar-refractivity contribution in [2.75, 3.05) is 0 Å². The summed E-state index contributed by atoms with van der Waals surface area (Å²) in [6, 6.07) is 0.235. The highest BCUT2D eigenvalue weighted by molar-refractivity contribution is 5.76. The Morgan fingerprint density at radius 2 is 1.69 bits per heavy atom. The maximum Gasteiger partial charge on any atom is 0.220 e. The van der Waals surface area contributed by atoms with Gasteiger partial charge in [-0.05, 0) is 18.3 Å². The van der Waals surface area contributed by atoms with Crippen molar-refractivity contribution < 1.29 is 4.79 Å². The average Bonchev–Trinajstić information content (AvgIpc) is 1.82. The summed E-state index contributed by atoms with van der Waals surface area (Å²) in [5.41, 5.74) is 0.145.